The second-order valence-corrected chi connectivity index (χ2v) is 11.0. The summed E-state index contributed by atoms with van der Waals surface area (Å²) in [5.41, 5.74) is 5.49. The van der Waals surface area contributed by atoms with Gasteiger partial charge in [0.2, 0.25) is 11.6 Å². The average molecular weight is 604 g/mol. The molecule has 3 aliphatic rings. The van der Waals surface area contributed by atoms with Crippen LogP contribution in [0, 0.1) is 0 Å². The number of fused-ring (bicyclic) bond motifs is 3. The quantitative estimate of drug-likeness (QED) is 0.130. The number of carbonyl (C=O) groups excluding carboxylic acids is 2. The van der Waals surface area contributed by atoms with Gasteiger partial charge in [0, 0.05) is 37.1 Å². The van der Waals surface area contributed by atoms with E-state index < -0.39 is 0 Å². The lowest BCUT2D eigenvalue weighted by molar-refractivity contribution is 0.105. The number of rotatable bonds is 10. The Kier molecular flexibility index (Phi) is 12.3. The summed E-state index contributed by atoms with van der Waals surface area (Å²) in [4.78, 5) is 30.9. The molecule has 0 atom stereocenters. The molecule has 5 rings (SSSR count). The molecule has 1 aliphatic carbocycles. The Hall–Kier alpha value is -2.78. The minimum absolute atomic E-state index is 0. The van der Waals surface area contributed by atoms with Gasteiger partial charge < -0.3 is 20.2 Å². The molecule has 2 aliphatic heterocycles. The summed E-state index contributed by atoms with van der Waals surface area (Å²) < 4.78 is 0. The number of likely N-dealkylation sites (tertiary alicyclic amines) is 2. The van der Waals surface area contributed by atoms with E-state index in [1.54, 1.807) is 12.1 Å². The van der Waals surface area contributed by atoms with Crippen molar-refractivity contribution in [2.45, 2.75) is 57.8 Å². The van der Waals surface area contributed by atoms with E-state index in [4.69, 9.17) is 0 Å². The van der Waals surface area contributed by atoms with Crippen LogP contribution in [-0.2, 0) is 6.42 Å². The Morgan fingerprint density at radius 3 is 1.39 bits per heavy atom. The molecule has 2 saturated heterocycles. The van der Waals surface area contributed by atoms with Crippen LogP contribution < -0.4 is 0 Å². The van der Waals surface area contributed by atoms with Gasteiger partial charge in [0.1, 0.15) is 11.4 Å². The van der Waals surface area contributed by atoms with Crippen LogP contribution in [0.3, 0.4) is 0 Å². The van der Waals surface area contributed by atoms with Crippen molar-refractivity contribution >= 4 is 47.8 Å². The second-order valence-electron chi connectivity index (χ2n) is 11.0. The van der Waals surface area contributed by atoms with E-state index >= 15 is 0 Å². The molecule has 0 spiro atoms. The first-order valence-corrected chi connectivity index (χ1v) is 14.3. The maximum Gasteiger partial charge on any atom is 0.210 e. The predicted octanol–water partition coefficient (Wildman–Crippen LogP) is 5.88. The van der Waals surface area contributed by atoms with Crippen LogP contribution in [0.2, 0.25) is 0 Å². The van der Waals surface area contributed by atoms with Gasteiger partial charge in [0.25, 0.3) is 0 Å². The highest BCUT2D eigenvalue weighted by Gasteiger charge is 2.25. The summed E-state index contributed by atoms with van der Waals surface area (Å²) in [6, 6.07) is 11.2. The van der Waals surface area contributed by atoms with Gasteiger partial charge in [-0.05, 0) is 92.7 Å². The molecule has 2 aromatic rings. The van der Waals surface area contributed by atoms with Crippen molar-refractivity contribution in [1.29, 1.82) is 0 Å². The zero-order valence-electron chi connectivity index (χ0n) is 23.4. The van der Waals surface area contributed by atoms with Crippen LogP contribution in [0.15, 0.2) is 46.7 Å². The van der Waals surface area contributed by atoms with Crippen molar-refractivity contribution in [2.24, 2.45) is 10.3 Å². The van der Waals surface area contributed by atoms with Gasteiger partial charge >= 0.3 is 0 Å². The number of benzene rings is 2. The van der Waals surface area contributed by atoms with Crippen molar-refractivity contribution < 1.29 is 20.0 Å². The fraction of sp³-hybridized carbons (Fsp3) is 0.484. The Morgan fingerprint density at radius 2 is 1.02 bits per heavy atom. The highest BCUT2D eigenvalue weighted by molar-refractivity contribution is 6.46. The van der Waals surface area contributed by atoms with Crippen LogP contribution in [0.4, 0.5) is 0 Å². The van der Waals surface area contributed by atoms with Gasteiger partial charge in [-0.15, -0.1) is 24.8 Å². The highest BCUT2D eigenvalue weighted by atomic mass is 35.5. The van der Waals surface area contributed by atoms with Gasteiger partial charge in [-0.25, -0.2) is 0 Å². The lowest BCUT2D eigenvalue weighted by Crippen LogP contribution is -2.32. The molecule has 2 aromatic carbocycles. The largest absolute Gasteiger partial charge is 0.411 e. The monoisotopic (exact) mass is 602 g/mol. The molecule has 0 amide bonds. The summed E-state index contributed by atoms with van der Waals surface area (Å²) in [5.74, 6) is -0.497. The number of piperidine rings is 2. The van der Waals surface area contributed by atoms with Crippen molar-refractivity contribution in [3.63, 3.8) is 0 Å². The van der Waals surface area contributed by atoms with E-state index in [1.807, 2.05) is 24.3 Å². The summed E-state index contributed by atoms with van der Waals surface area (Å²) in [7, 11) is 0. The molecular formula is C31H40Cl2N4O4. The van der Waals surface area contributed by atoms with E-state index in [0.717, 1.165) is 61.5 Å². The summed E-state index contributed by atoms with van der Waals surface area (Å²) >= 11 is 0. The Bertz CT molecular complexity index is 1190. The molecule has 41 heavy (non-hydrogen) atoms. The SMILES string of the molecule is Cl.Cl.O=C(/C(CCN1CCCCC1)=N\O)c1ccc2c(c1)Cc1cc(C(=O)/C(CCN3CCCCC3)=N\O)ccc1-2. The van der Waals surface area contributed by atoms with Crippen LogP contribution in [-0.4, -0.2) is 82.5 Å². The van der Waals surface area contributed by atoms with Gasteiger partial charge in [0.05, 0.1) is 0 Å². The zero-order valence-corrected chi connectivity index (χ0v) is 25.0. The fourth-order valence-corrected chi connectivity index (χ4v) is 6.14. The first kappa shape index (κ1) is 32.7. The number of ketones is 2. The molecule has 0 unspecified atom stereocenters. The minimum atomic E-state index is -0.248. The molecule has 0 radical (unpaired) electrons. The Labute approximate surface area is 254 Å². The molecular weight excluding hydrogens is 563 g/mol. The van der Waals surface area contributed by atoms with Gasteiger partial charge in [-0.1, -0.05) is 47.4 Å². The lowest BCUT2D eigenvalue weighted by atomic mass is 9.97. The highest BCUT2D eigenvalue weighted by Crippen LogP contribution is 2.37. The van der Waals surface area contributed by atoms with Gasteiger partial charge in [0.15, 0.2) is 0 Å². The number of hydrogen-bond donors (Lipinski definition) is 2. The van der Waals surface area contributed by atoms with E-state index in [1.165, 1.54) is 38.5 Å². The smallest absolute Gasteiger partial charge is 0.210 e. The van der Waals surface area contributed by atoms with Crippen molar-refractivity contribution in [3.05, 3.63) is 58.7 Å². The normalized spacial score (nSPS) is 17.7. The van der Waals surface area contributed by atoms with Crippen LogP contribution in [0.5, 0.6) is 0 Å². The van der Waals surface area contributed by atoms with E-state index in [2.05, 4.69) is 20.1 Å². The van der Waals surface area contributed by atoms with Crippen LogP contribution in [0.25, 0.3) is 11.1 Å². The molecule has 0 aromatic heterocycles. The van der Waals surface area contributed by atoms with Crippen molar-refractivity contribution in [2.75, 3.05) is 39.3 Å². The molecule has 0 bridgehead atoms. The number of hydrogen-bond acceptors (Lipinski definition) is 8. The lowest BCUT2D eigenvalue weighted by Gasteiger charge is -2.26. The first-order chi connectivity index (χ1) is 19.1. The molecule has 2 fully saturated rings. The summed E-state index contributed by atoms with van der Waals surface area (Å²) in [5, 5.41) is 25.8. The zero-order chi connectivity index (χ0) is 27.2. The second kappa shape index (κ2) is 15.4. The third kappa shape index (κ3) is 7.74. The third-order valence-corrected chi connectivity index (χ3v) is 8.40. The fourth-order valence-electron chi connectivity index (χ4n) is 6.14. The molecule has 2 N–H and O–H groups in total. The summed E-state index contributed by atoms with van der Waals surface area (Å²) in [6.45, 7) is 5.54. The maximum atomic E-state index is 13.2. The molecule has 10 heteroatoms. The number of oxime groups is 2. The molecule has 2 heterocycles. The van der Waals surface area contributed by atoms with Crippen LogP contribution in [0.1, 0.15) is 83.2 Å². The number of Topliss-reactive ketones (excluding diaryl/α,β-unsaturated/α-hetero) is 2. The van der Waals surface area contributed by atoms with E-state index in [9.17, 15) is 20.0 Å². The molecule has 0 saturated carbocycles. The molecule has 8 nitrogen and oxygen atoms in total. The standard InChI is InChI=1S/C31H38N4O4.2ClH/c36-30(28(32-38)11-17-34-13-3-1-4-14-34)22-7-9-26-24(19-22)21-25-20-23(8-10-27(25)26)31(37)29(33-39)12-18-35-15-5-2-6-16-35;;/h7-10,19-20,38-39H,1-6,11-18,21H2;2*1H/b32-28-,33-29-;;. The number of nitrogens with zero attached hydrogens (tertiary/aromatic N) is 4. The van der Waals surface area contributed by atoms with Gasteiger partial charge in [-0.3, -0.25) is 9.59 Å². The topological polar surface area (TPSA) is 106 Å². The first-order valence-electron chi connectivity index (χ1n) is 14.3. The minimum Gasteiger partial charge on any atom is -0.411 e. The Morgan fingerprint density at radius 1 is 0.634 bits per heavy atom. The van der Waals surface area contributed by atoms with Gasteiger partial charge in [-0.2, -0.15) is 0 Å². The maximum absolute atomic E-state index is 13.2. The number of carbonyl (C=O) groups is 2. The van der Waals surface area contributed by atoms with Crippen molar-refractivity contribution in [1.82, 2.24) is 9.80 Å². The van der Waals surface area contributed by atoms with E-state index in [0.29, 0.717) is 30.4 Å². The number of halogens is 2. The summed E-state index contributed by atoms with van der Waals surface area (Å²) in [6.07, 6.45) is 8.63. The average Bonchev–Trinajstić information content (AvgIpc) is 3.35. The van der Waals surface area contributed by atoms with Crippen LogP contribution >= 0.6 is 24.8 Å². The van der Waals surface area contributed by atoms with Crippen molar-refractivity contribution in [3.8, 4) is 11.1 Å². The Balaban J connectivity index is 0.00000231. The van der Waals surface area contributed by atoms with E-state index in [-0.39, 0.29) is 47.8 Å². The predicted molar refractivity (Wildman–Crippen MR) is 166 cm³/mol. The third-order valence-electron chi connectivity index (χ3n) is 8.40. The molecule has 222 valence electrons.